The fourth-order valence-electron chi connectivity index (χ4n) is 3.91. The van der Waals surface area contributed by atoms with Crippen molar-refractivity contribution in [3.05, 3.63) is 29.3 Å². The lowest BCUT2D eigenvalue weighted by atomic mass is 9.76. The molecule has 0 saturated carbocycles. The number of rotatable bonds is 2. The summed E-state index contributed by atoms with van der Waals surface area (Å²) < 4.78 is 12.4. The van der Waals surface area contributed by atoms with Crippen molar-refractivity contribution >= 4 is 0 Å². The molecule has 1 saturated heterocycles. The lowest BCUT2D eigenvalue weighted by Crippen LogP contribution is -2.53. The second-order valence-corrected chi connectivity index (χ2v) is 7.18. The van der Waals surface area contributed by atoms with Gasteiger partial charge in [0, 0.05) is 30.9 Å². The van der Waals surface area contributed by atoms with Crippen molar-refractivity contribution in [2.45, 2.75) is 64.2 Å². The largest absolute Gasteiger partial charge is 0.487 e. The summed E-state index contributed by atoms with van der Waals surface area (Å²) in [6, 6.07) is 6.93. The van der Waals surface area contributed by atoms with Gasteiger partial charge in [0.15, 0.2) is 0 Å². The standard InChI is InChI=1S/C18H27NO2/c1-5-19-15-11-18(8-9-20-17(3,4)12-18)21-16-7-6-13(2)10-14(15)16/h6-7,10,15,19H,5,8-9,11-12H2,1-4H3. The molecule has 0 amide bonds. The maximum absolute atomic E-state index is 6.51. The van der Waals surface area contributed by atoms with E-state index in [-0.39, 0.29) is 11.2 Å². The van der Waals surface area contributed by atoms with Gasteiger partial charge in [-0.25, -0.2) is 0 Å². The average Bonchev–Trinajstić information content (AvgIpc) is 2.39. The maximum atomic E-state index is 6.51. The summed E-state index contributed by atoms with van der Waals surface area (Å²) in [4.78, 5) is 0. The molecule has 3 nitrogen and oxygen atoms in total. The van der Waals surface area contributed by atoms with Gasteiger partial charge in [-0.1, -0.05) is 24.6 Å². The first kappa shape index (κ1) is 14.9. The zero-order valence-corrected chi connectivity index (χ0v) is 13.7. The number of fused-ring (bicyclic) bond motifs is 1. The highest BCUT2D eigenvalue weighted by molar-refractivity contribution is 5.42. The average molecular weight is 289 g/mol. The van der Waals surface area contributed by atoms with Crippen LogP contribution in [0.4, 0.5) is 0 Å². The van der Waals surface area contributed by atoms with Gasteiger partial charge >= 0.3 is 0 Å². The molecule has 1 spiro atoms. The summed E-state index contributed by atoms with van der Waals surface area (Å²) in [6.45, 7) is 10.4. The predicted octanol–water partition coefficient (Wildman–Crippen LogP) is 3.76. The summed E-state index contributed by atoms with van der Waals surface area (Å²) in [7, 11) is 0. The monoisotopic (exact) mass is 289 g/mol. The van der Waals surface area contributed by atoms with E-state index in [0.29, 0.717) is 6.04 Å². The molecule has 2 aliphatic heterocycles. The van der Waals surface area contributed by atoms with Gasteiger partial charge in [-0.3, -0.25) is 0 Å². The van der Waals surface area contributed by atoms with Crippen molar-refractivity contribution in [2.75, 3.05) is 13.2 Å². The summed E-state index contributed by atoms with van der Waals surface area (Å²) in [5, 5.41) is 3.65. The van der Waals surface area contributed by atoms with Crippen LogP contribution in [0.15, 0.2) is 18.2 Å². The molecule has 0 radical (unpaired) electrons. The number of aryl methyl sites for hydroxylation is 1. The van der Waals surface area contributed by atoms with E-state index in [1.807, 2.05) is 0 Å². The van der Waals surface area contributed by atoms with Crippen molar-refractivity contribution in [1.29, 1.82) is 0 Å². The van der Waals surface area contributed by atoms with Crippen LogP contribution < -0.4 is 10.1 Å². The molecule has 3 rings (SSSR count). The molecule has 0 bridgehead atoms. The Morgan fingerprint density at radius 3 is 2.86 bits per heavy atom. The number of ether oxygens (including phenoxy) is 2. The zero-order valence-electron chi connectivity index (χ0n) is 13.7. The first-order valence-corrected chi connectivity index (χ1v) is 8.10. The first-order chi connectivity index (χ1) is 9.93. The van der Waals surface area contributed by atoms with Gasteiger partial charge in [0.25, 0.3) is 0 Å². The molecule has 1 aromatic rings. The van der Waals surface area contributed by atoms with Gasteiger partial charge in [0.1, 0.15) is 11.4 Å². The van der Waals surface area contributed by atoms with Gasteiger partial charge in [-0.2, -0.15) is 0 Å². The molecule has 2 aliphatic rings. The number of hydrogen-bond donors (Lipinski definition) is 1. The maximum Gasteiger partial charge on any atom is 0.124 e. The van der Waals surface area contributed by atoms with E-state index < -0.39 is 0 Å². The highest BCUT2D eigenvalue weighted by Crippen LogP contribution is 2.47. The van der Waals surface area contributed by atoms with Crippen LogP contribution in [-0.4, -0.2) is 24.4 Å². The molecule has 2 atom stereocenters. The van der Waals surface area contributed by atoms with Crippen LogP contribution in [-0.2, 0) is 4.74 Å². The molecule has 0 aromatic heterocycles. The van der Waals surface area contributed by atoms with E-state index in [2.05, 4.69) is 51.2 Å². The molecule has 21 heavy (non-hydrogen) atoms. The summed E-state index contributed by atoms with van der Waals surface area (Å²) in [5.74, 6) is 1.05. The summed E-state index contributed by atoms with van der Waals surface area (Å²) in [5.41, 5.74) is 2.42. The molecule has 1 aromatic carbocycles. The lowest BCUT2D eigenvalue weighted by molar-refractivity contribution is -0.142. The molecule has 1 N–H and O–H groups in total. The molecular weight excluding hydrogens is 262 g/mol. The van der Waals surface area contributed by atoms with E-state index >= 15 is 0 Å². The second-order valence-electron chi connectivity index (χ2n) is 7.18. The van der Waals surface area contributed by atoms with Gasteiger partial charge < -0.3 is 14.8 Å². The Labute approximate surface area is 128 Å². The van der Waals surface area contributed by atoms with Gasteiger partial charge in [0.05, 0.1) is 12.2 Å². The Bertz CT molecular complexity index is 526. The van der Waals surface area contributed by atoms with Crippen LogP contribution in [0, 0.1) is 6.92 Å². The van der Waals surface area contributed by atoms with E-state index in [9.17, 15) is 0 Å². The summed E-state index contributed by atoms with van der Waals surface area (Å²) in [6.07, 6.45) is 2.96. The molecule has 1 fully saturated rings. The van der Waals surface area contributed by atoms with Gasteiger partial charge in [-0.15, -0.1) is 0 Å². The molecule has 3 heteroatoms. The van der Waals surface area contributed by atoms with Crippen LogP contribution >= 0.6 is 0 Å². The van der Waals surface area contributed by atoms with Crippen molar-refractivity contribution in [2.24, 2.45) is 0 Å². The van der Waals surface area contributed by atoms with E-state index in [1.165, 1.54) is 11.1 Å². The van der Waals surface area contributed by atoms with Crippen molar-refractivity contribution in [3.8, 4) is 5.75 Å². The van der Waals surface area contributed by atoms with Crippen molar-refractivity contribution < 1.29 is 9.47 Å². The van der Waals surface area contributed by atoms with Crippen LogP contribution in [0.5, 0.6) is 5.75 Å². The highest BCUT2D eigenvalue weighted by Gasteiger charge is 2.47. The van der Waals surface area contributed by atoms with Crippen LogP contribution in [0.2, 0.25) is 0 Å². The quantitative estimate of drug-likeness (QED) is 0.899. The Kier molecular flexibility index (Phi) is 3.74. The topological polar surface area (TPSA) is 30.5 Å². The van der Waals surface area contributed by atoms with Crippen LogP contribution in [0.3, 0.4) is 0 Å². The fourth-order valence-corrected chi connectivity index (χ4v) is 3.91. The molecule has 0 aliphatic carbocycles. The fraction of sp³-hybridized carbons (Fsp3) is 0.667. The molecule has 2 unspecified atom stereocenters. The Morgan fingerprint density at radius 1 is 1.33 bits per heavy atom. The predicted molar refractivity (Wildman–Crippen MR) is 84.8 cm³/mol. The number of nitrogens with one attached hydrogen (secondary N) is 1. The Balaban J connectivity index is 1.95. The first-order valence-electron chi connectivity index (χ1n) is 8.10. The van der Waals surface area contributed by atoms with Crippen molar-refractivity contribution in [1.82, 2.24) is 5.32 Å². The minimum Gasteiger partial charge on any atom is -0.487 e. The van der Waals surface area contributed by atoms with Crippen molar-refractivity contribution in [3.63, 3.8) is 0 Å². The number of hydrogen-bond acceptors (Lipinski definition) is 3. The van der Waals surface area contributed by atoms with E-state index in [4.69, 9.17) is 9.47 Å². The smallest absolute Gasteiger partial charge is 0.124 e. The molecule has 116 valence electrons. The number of benzene rings is 1. The van der Waals surface area contributed by atoms with E-state index in [1.54, 1.807) is 0 Å². The van der Waals surface area contributed by atoms with Crippen LogP contribution in [0.1, 0.15) is 57.2 Å². The zero-order chi connectivity index (χ0) is 15.1. The molecule has 2 heterocycles. The minimum atomic E-state index is -0.1000. The second kappa shape index (κ2) is 5.29. The summed E-state index contributed by atoms with van der Waals surface area (Å²) >= 11 is 0. The normalized spacial score (nSPS) is 30.8. The Hall–Kier alpha value is -1.06. The highest BCUT2D eigenvalue weighted by atomic mass is 16.5. The SMILES string of the molecule is CCNC1CC2(CCOC(C)(C)C2)Oc2ccc(C)cc21. The Morgan fingerprint density at radius 2 is 2.14 bits per heavy atom. The third-order valence-corrected chi connectivity index (χ3v) is 4.69. The van der Waals surface area contributed by atoms with Gasteiger partial charge in [0.2, 0.25) is 0 Å². The van der Waals surface area contributed by atoms with Crippen LogP contribution in [0.25, 0.3) is 0 Å². The molecular formula is C18H27NO2. The third-order valence-electron chi connectivity index (χ3n) is 4.69. The van der Waals surface area contributed by atoms with E-state index in [0.717, 1.165) is 38.2 Å². The third kappa shape index (κ3) is 2.95. The lowest BCUT2D eigenvalue weighted by Gasteiger charge is -2.49. The minimum absolute atomic E-state index is 0.0865. The van der Waals surface area contributed by atoms with Gasteiger partial charge in [-0.05, 0) is 33.4 Å².